The number of hydrogen-bond acceptors (Lipinski definition) is 3. The van der Waals surface area contributed by atoms with Crippen molar-refractivity contribution in [3.8, 4) is 0 Å². The molecular weight excluding hydrogens is 172 g/mol. The van der Waals surface area contributed by atoms with E-state index in [1.54, 1.807) is 13.8 Å². The highest BCUT2D eigenvalue weighted by atomic mass is 16.4. The number of carboxylic acid groups (broad SMARTS) is 1. The number of rotatable bonds is 2. The number of aryl methyl sites for hydroxylation is 2. The first-order valence-electron chi connectivity index (χ1n) is 3.82. The van der Waals surface area contributed by atoms with Crippen LogP contribution in [0, 0.1) is 13.8 Å². The van der Waals surface area contributed by atoms with Gasteiger partial charge in [-0.15, -0.1) is 0 Å². The Kier molecular flexibility index (Phi) is 2.51. The van der Waals surface area contributed by atoms with Gasteiger partial charge < -0.3 is 9.52 Å². The standard InChI is InChI=1S/C9H10O4/c1-5-3-9(12)13-6(2)7(5)4-8(10)11/h3H,4H2,1-2H3,(H,10,11). The van der Waals surface area contributed by atoms with E-state index in [0.29, 0.717) is 16.9 Å². The highest BCUT2D eigenvalue weighted by Crippen LogP contribution is 2.11. The molecule has 4 nitrogen and oxygen atoms in total. The predicted molar refractivity (Wildman–Crippen MR) is 45.8 cm³/mol. The van der Waals surface area contributed by atoms with Gasteiger partial charge in [0.25, 0.3) is 0 Å². The molecule has 1 rings (SSSR count). The Balaban J connectivity index is 3.20. The number of hydrogen-bond donors (Lipinski definition) is 1. The van der Waals surface area contributed by atoms with Crippen molar-refractivity contribution >= 4 is 5.97 Å². The molecule has 0 aliphatic heterocycles. The fourth-order valence-corrected chi connectivity index (χ4v) is 1.20. The summed E-state index contributed by atoms with van der Waals surface area (Å²) >= 11 is 0. The van der Waals surface area contributed by atoms with Crippen LogP contribution in [0.25, 0.3) is 0 Å². The van der Waals surface area contributed by atoms with Crippen molar-refractivity contribution in [2.75, 3.05) is 0 Å². The molecule has 1 aromatic heterocycles. The first-order valence-corrected chi connectivity index (χ1v) is 3.82. The molecule has 1 aromatic rings. The van der Waals surface area contributed by atoms with Crippen molar-refractivity contribution in [2.45, 2.75) is 20.3 Å². The van der Waals surface area contributed by atoms with Gasteiger partial charge in [0.05, 0.1) is 6.42 Å². The van der Waals surface area contributed by atoms with Crippen LogP contribution in [0.15, 0.2) is 15.3 Å². The van der Waals surface area contributed by atoms with Gasteiger partial charge in [-0.25, -0.2) is 4.79 Å². The highest BCUT2D eigenvalue weighted by molar-refractivity contribution is 5.70. The minimum absolute atomic E-state index is 0.110. The second-order valence-electron chi connectivity index (χ2n) is 2.85. The molecule has 0 bridgehead atoms. The predicted octanol–water partition coefficient (Wildman–Crippen LogP) is 0.884. The number of carboxylic acids is 1. The van der Waals surface area contributed by atoms with Crippen LogP contribution in [0.5, 0.6) is 0 Å². The molecule has 0 aliphatic carbocycles. The lowest BCUT2D eigenvalue weighted by Gasteiger charge is -2.03. The second kappa shape index (κ2) is 3.43. The maximum Gasteiger partial charge on any atom is 0.336 e. The molecule has 1 heterocycles. The molecule has 0 saturated carbocycles. The minimum atomic E-state index is -0.931. The van der Waals surface area contributed by atoms with Crippen LogP contribution < -0.4 is 5.63 Å². The van der Waals surface area contributed by atoms with Crippen molar-refractivity contribution in [2.24, 2.45) is 0 Å². The lowest BCUT2D eigenvalue weighted by molar-refractivity contribution is -0.136. The lowest BCUT2D eigenvalue weighted by atomic mass is 10.1. The summed E-state index contributed by atoms with van der Waals surface area (Å²) in [6.45, 7) is 3.29. The molecule has 0 amide bonds. The van der Waals surface area contributed by atoms with E-state index in [1.165, 1.54) is 6.07 Å². The van der Waals surface area contributed by atoms with Crippen molar-refractivity contribution in [1.82, 2.24) is 0 Å². The van der Waals surface area contributed by atoms with Crippen LogP contribution in [-0.4, -0.2) is 11.1 Å². The van der Waals surface area contributed by atoms with Crippen molar-refractivity contribution in [3.05, 3.63) is 33.4 Å². The topological polar surface area (TPSA) is 67.5 Å². The van der Waals surface area contributed by atoms with E-state index in [4.69, 9.17) is 9.52 Å². The SMILES string of the molecule is Cc1cc(=O)oc(C)c1CC(=O)O. The van der Waals surface area contributed by atoms with Crippen molar-refractivity contribution in [3.63, 3.8) is 0 Å². The molecule has 0 atom stereocenters. The molecule has 0 saturated heterocycles. The van der Waals surface area contributed by atoms with E-state index in [1.807, 2.05) is 0 Å². The molecule has 0 aromatic carbocycles. The van der Waals surface area contributed by atoms with E-state index in [0.717, 1.165) is 0 Å². The van der Waals surface area contributed by atoms with Crippen molar-refractivity contribution < 1.29 is 14.3 Å². The van der Waals surface area contributed by atoms with Gasteiger partial charge in [0.1, 0.15) is 5.76 Å². The van der Waals surface area contributed by atoms with Crippen LogP contribution in [0.3, 0.4) is 0 Å². The molecule has 13 heavy (non-hydrogen) atoms. The van der Waals surface area contributed by atoms with E-state index in [9.17, 15) is 9.59 Å². The molecule has 0 fully saturated rings. The summed E-state index contributed by atoms with van der Waals surface area (Å²) in [5.41, 5.74) is 0.799. The van der Waals surface area contributed by atoms with Gasteiger partial charge in [0, 0.05) is 11.6 Å². The molecule has 1 N–H and O–H groups in total. The molecule has 0 unspecified atom stereocenters. The lowest BCUT2D eigenvalue weighted by Crippen LogP contribution is -2.08. The first kappa shape index (κ1) is 9.51. The van der Waals surface area contributed by atoms with E-state index >= 15 is 0 Å². The van der Waals surface area contributed by atoms with Crippen LogP contribution >= 0.6 is 0 Å². The van der Waals surface area contributed by atoms with Gasteiger partial charge in [0.2, 0.25) is 0 Å². The van der Waals surface area contributed by atoms with Crippen molar-refractivity contribution in [1.29, 1.82) is 0 Å². The average molecular weight is 182 g/mol. The van der Waals surface area contributed by atoms with Gasteiger partial charge >= 0.3 is 11.6 Å². The molecule has 0 radical (unpaired) electrons. The van der Waals surface area contributed by atoms with Crippen LogP contribution in [-0.2, 0) is 11.2 Å². The third kappa shape index (κ3) is 2.18. The van der Waals surface area contributed by atoms with E-state index in [2.05, 4.69) is 0 Å². The summed E-state index contributed by atoms with van der Waals surface area (Å²) in [5.74, 6) is -0.549. The maximum atomic E-state index is 10.8. The Morgan fingerprint density at radius 2 is 2.15 bits per heavy atom. The zero-order valence-electron chi connectivity index (χ0n) is 7.46. The third-order valence-corrected chi connectivity index (χ3v) is 1.82. The molecule has 0 spiro atoms. The second-order valence-corrected chi connectivity index (χ2v) is 2.85. The van der Waals surface area contributed by atoms with Crippen LogP contribution in [0.1, 0.15) is 16.9 Å². The zero-order chi connectivity index (χ0) is 10.0. The molecular formula is C9H10O4. The normalized spacial score (nSPS) is 10.0. The van der Waals surface area contributed by atoms with Gasteiger partial charge in [-0.05, 0) is 19.4 Å². The van der Waals surface area contributed by atoms with E-state index in [-0.39, 0.29) is 6.42 Å². The fraction of sp³-hybridized carbons (Fsp3) is 0.333. The Morgan fingerprint density at radius 1 is 1.54 bits per heavy atom. The summed E-state index contributed by atoms with van der Waals surface area (Å²) in [6, 6.07) is 1.30. The number of aliphatic carboxylic acids is 1. The summed E-state index contributed by atoms with van der Waals surface area (Å²) in [5, 5.41) is 8.57. The quantitative estimate of drug-likeness (QED) is 0.737. The van der Waals surface area contributed by atoms with E-state index < -0.39 is 11.6 Å². The van der Waals surface area contributed by atoms with Gasteiger partial charge in [0.15, 0.2) is 0 Å². The molecule has 4 heteroatoms. The Hall–Kier alpha value is -1.58. The summed E-state index contributed by atoms with van der Waals surface area (Å²) < 4.78 is 4.77. The third-order valence-electron chi connectivity index (χ3n) is 1.82. The smallest absolute Gasteiger partial charge is 0.336 e. The monoisotopic (exact) mass is 182 g/mol. The Labute approximate surface area is 74.8 Å². The van der Waals surface area contributed by atoms with Gasteiger partial charge in [-0.2, -0.15) is 0 Å². The average Bonchev–Trinajstić information content (AvgIpc) is 1.96. The highest BCUT2D eigenvalue weighted by Gasteiger charge is 2.09. The van der Waals surface area contributed by atoms with Gasteiger partial charge in [-0.3, -0.25) is 4.79 Å². The van der Waals surface area contributed by atoms with Crippen LogP contribution in [0.2, 0.25) is 0 Å². The Morgan fingerprint density at radius 3 is 2.62 bits per heavy atom. The molecule has 70 valence electrons. The zero-order valence-corrected chi connectivity index (χ0v) is 7.46. The molecule has 0 aliphatic rings. The summed E-state index contributed by atoms with van der Waals surface area (Å²) in [7, 11) is 0. The minimum Gasteiger partial charge on any atom is -0.481 e. The maximum absolute atomic E-state index is 10.8. The fourth-order valence-electron chi connectivity index (χ4n) is 1.20. The first-order chi connectivity index (χ1) is 6.00. The van der Waals surface area contributed by atoms with Gasteiger partial charge in [-0.1, -0.05) is 0 Å². The summed E-state index contributed by atoms with van der Waals surface area (Å²) in [4.78, 5) is 21.3. The summed E-state index contributed by atoms with van der Waals surface area (Å²) in [6.07, 6.45) is -0.110. The Bertz CT molecular complexity index is 363. The largest absolute Gasteiger partial charge is 0.481 e. The van der Waals surface area contributed by atoms with Crippen LogP contribution in [0.4, 0.5) is 0 Å². The number of carbonyl (C=O) groups is 1.